The first-order chi connectivity index (χ1) is 14.5. The third-order valence-electron chi connectivity index (χ3n) is 5.31. The normalized spacial score (nSPS) is 19.7. The average Bonchev–Trinajstić information content (AvgIpc) is 2.79. The van der Waals surface area contributed by atoms with Crippen molar-refractivity contribution < 1.29 is 13.2 Å². The number of aryl methyl sites for hydroxylation is 1. The van der Waals surface area contributed by atoms with Crippen LogP contribution in [0.2, 0.25) is 0 Å². The molecule has 3 aromatic carbocycles. The first-order valence-electron chi connectivity index (χ1n) is 9.87. The van der Waals surface area contributed by atoms with Gasteiger partial charge in [-0.1, -0.05) is 94.3 Å². The molecule has 1 aliphatic rings. The van der Waals surface area contributed by atoms with E-state index in [1.54, 1.807) is 12.1 Å². The van der Waals surface area contributed by atoms with E-state index in [0.717, 1.165) is 22.3 Å². The molecule has 0 saturated carbocycles. The maximum atomic E-state index is 13.9. The van der Waals surface area contributed by atoms with E-state index in [0.29, 0.717) is 21.6 Å². The van der Waals surface area contributed by atoms with E-state index in [4.69, 9.17) is 4.74 Å². The summed E-state index contributed by atoms with van der Waals surface area (Å²) in [5, 5.41) is 0.629. The largest absolute Gasteiger partial charge is 0.364 e. The van der Waals surface area contributed by atoms with Gasteiger partial charge in [-0.25, -0.2) is 8.42 Å². The van der Waals surface area contributed by atoms with Crippen LogP contribution in [-0.4, -0.2) is 19.9 Å². The predicted molar refractivity (Wildman–Crippen MR) is 124 cm³/mol. The Labute approximate surface area is 186 Å². The zero-order valence-electron chi connectivity index (χ0n) is 16.7. The Kier molecular flexibility index (Phi) is 6.23. The second-order valence-corrected chi connectivity index (χ2v) is 10.00. The molecule has 30 heavy (non-hydrogen) atoms. The van der Waals surface area contributed by atoms with Crippen LogP contribution in [0.3, 0.4) is 0 Å². The van der Waals surface area contributed by atoms with Crippen LogP contribution in [0.4, 0.5) is 0 Å². The summed E-state index contributed by atoms with van der Waals surface area (Å²) in [6.45, 7) is 1.95. The van der Waals surface area contributed by atoms with E-state index in [2.05, 4.69) is 15.9 Å². The Morgan fingerprint density at radius 1 is 0.900 bits per heavy atom. The van der Waals surface area contributed by atoms with Gasteiger partial charge in [-0.3, -0.25) is 0 Å². The van der Waals surface area contributed by atoms with Crippen LogP contribution >= 0.6 is 15.9 Å². The van der Waals surface area contributed by atoms with Crippen LogP contribution in [0.5, 0.6) is 0 Å². The predicted octanol–water partition coefficient (Wildman–Crippen LogP) is 6.11. The Hall–Kier alpha value is -2.21. The molecule has 0 radical (unpaired) electrons. The number of benzene rings is 3. The molecule has 5 heteroatoms. The lowest BCUT2D eigenvalue weighted by molar-refractivity contribution is 0.0197. The summed E-state index contributed by atoms with van der Waals surface area (Å²) >= 11 is 3.54. The molecule has 0 aliphatic carbocycles. The van der Waals surface area contributed by atoms with Gasteiger partial charge in [0, 0.05) is 11.8 Å². The highest BCUT2D eigenvalue weighted by molar-refractivity contribution is 9.09. The van der Waals surface area contributed by atoms with Gasteiger partial charge < -0.3 is 4.74 Å². The zero-order valence-corrected chi connectivity index (χ0v) is 19.1. The smallest absolute Gasteiger partial charge is 0.206 e. The van der Waals surface area contributed by atoms with Crippen molar-refractivity contribution in [3.8, 4) is 0 Å². The Bertz CT molecular complexity index is 1140. The van der Waals surface area contributed by atoms with Crippen LogP contribution in [-0.2, 0) is 14.6 Å². The van der Waals surface area contributed by atoms with Crippen LogP contribution in [0.15, 0.2) is 94.7 Å². The summed E-state index contributed by atoms with van der Waals surface area (Å²) in [7, 11) is -3.77. The van der Waals surface area contributed by atoms with E-state index in [1.807, 2.05) is 79.7 Å². The summed E-state index contributed by atoms with van der Waals surface area (Å²) in [5.41, 5.74) is 3.59. The third kappa shape index (κ3) is 4.15. The topological polar surface area (TPSA) is 43.4 Å². The van der Waals surface area contributed by atoms with Crippen LogP contribution < -0.4 is 0 Å². The summed E-state index contributed by atoms with van der Waals surface area (Å²) in [6, 6.07) is 26.4. The molecule has 3 nitrogen and oxygen atoms in total. The molecule has 3 aromatic rings. The molecular formula is C25H23BrO3S. The molecule has 0 N–H and O–H groups in total. The summed E-state index contributed by atoms with van der Waals surface area (Å²) < 4.78 is 34.2. The molecular weight excluding hydrogens is 460 g/mol. The second kappa shape index (κ2) is 8.88. The summed E-state index contributed by atoms with van der Waals surface area (Å²) in [6.07, 6.45) is -0.259. The summed E-state index contributed by atoms with van der Waals surface area (Å²) in [4.78, 5) is 0.624. The van der Waals surface area contributed by atoms with E-state index in [-0.39, 0.29) is 6.10 Å². The van der Waals surface area contributed by atoms with E-state index in [9.17, 15) is 8.42 Å². The van der Waals surface area contributed by atoms with Gasteiger partial charge in [0.2, 0.25) is 9.84 Å². The Morgan fingerprint density at radius 3 is 2.10 bits per heavy atom. The zero-order chi connectivity index (χ0) is 21.1. The van der Waals surface area contributed by atoms with Crippen LogP contribution in [0, 0.1) is 6.92 Å². The van der Waals surface area contributed by atoms with E-state index in [1.165, 1.54) is 0 Å². The molecule has 0 saturated heterocycles. The minimum atomic E-state index is -3.77. The lowest BCUT2D eigenvalue weighted by atomic mass is 9.93. The second-order valence-electron chi connectivity index (χ2n) is 7.43. The maximum Gasteiger partial charge on any atom is 0.206 e. The fourth-order valence-corrected chi connectivity index (χ4v) is 5.91. The van der Waals surface area contributed by atoms with Gasteiger partial charge in [0.15, 0.2) is 0 Å². The monoisotopic (exact) mass is 482 g/mol. The molecule has 0 aromatic heterocycles. The van der Waals surface area contributed by atoms with E-state index >= 15 is 0 Å². The number of alkyl halides is 1. The SMILES string of the molecule is Cc1ccc(S(=O)(=O)C2=C(c3ccccc3)C[C@@H](CBr)O[C@@H]2c2ccccc2)cc1. The summed E-state index contributed by atoms with van der Waals surface area (Å²) in [5.74, 6) is 0. The highest BCUT2D eigenvalue weighted by atomic mass is 79.9. The molecule has 2 atom stereocenters. The minimum absolute atomic E-state index is 0.123. The highest BCUT2D eigenvalue weighted by Gasteiger charge is 2.39. The van der Waals surface area contributed by atoms with Crippen molar-refractivity contribution >= 4 is 31.3 Å². The lowest BCUT2D eigenvalue weighted by Crippen LogP contribution is -2.29. The van der Waals surface area contributed by atoms with Crippen molar-refractivity contribution in [1.82, 2.24) is 0 Å². The first-order valence-corrected chi connectivity index (χ1v) is 12.5. The average molecular weight is 483 g/mol. The van der Waals surface area contributed by atoms with Gasteiger partial charge in [-0.15, -0.1) is 0 Å². The van der Waals surface area contributed by atoms with Gasteiger partial charge in [0.05, 0.1) is 15.9 Å². The Balaban J connectivity index is 1.99. The standard InChI is InChI=1S/C25H23BrO3S/c1-18-12-14-22(15-13-18)30(27,28)25-23(19-8-4-2-5-9-19)16-21(17-26)29-24(25)20-10-6-3-7-11-20/h2-15,21,24H,16-17H2,1H3/t21-,24+/m0/s1. The van der Waals surface area contributed by atoms with Gasteiger partial charge in [0.1, 0.15) is 6.10 Å². The number of hydrogen-bond donors (Lipinski definition) is 0. The lowest BCUT2D eigenvalue weighted by Gasteiger charge is -2.34. The molecule has 0 fully saturated rings. The molecule has 0 bridgehead atoms. The molecule has 154 valence electrons. The molecule has 0 spiro atoms. The van der Waals surface area contributed by atoms with Crippen molar-refractivity contribution in [2.24, 2.45) is 0 Å². The fraction of sp³-hybridized carbons (Fsp3) is 0.200. The minimum Gasteiger partial charge on any atom is -0.364 e. The quantitative estimate of drug-likeness (QED) is 0.412. The molecule has 0 unspecified atom stereocenters. The van der Waals surface area contributed by atoms with Crippen molar-refractivity contribution in [2.75, 3.05) is 5.33 Å². The van der Waals surface area contributed by atoms with Crippen molar-refractivity contribution in [2.45, 2.75) is 30.4 Å². The van der Waals surface area contributed by atoms with Crippen molar-refractivity contribution in [3.63, 3.8) is 0 Å². The molecule has 1 heterocycles. The van der Waals surface area contributed by atoms with Gasteiger partial charge >= 0.3 is 0 Å². The van der Waals surface area contributed by atoms with Gasteiger partial charge in [-0.05, 0) is 35.8 Å². The molecule has 1 aliphatic heterocycles. The number of sulfone groups is 1. The Morgan fingerprint density at radius 2 is 1.50 bits per heavy atom. The van der Waals surface area contributed by atoms with Crippen molar-refractivity contribution in [3.05, 3.63) is 107 Å². The maximum absolute atomic E-state index is 13.9. The van der Waals surface area contributed by atoms with Crippen LogP contribution in [0.25, 0.3) is 5.57 Å². The first kappa shape index (κ1) is 21.0. The van der Waals surface area contributed by atoms with Crippen molar-refractivity contribution in [1.29, 1.82) is 0 Å². The number of ether oxygens (including phenoxy) is 1. The number of rotatable bonds is 5. The van der Waals surface area contributed by atoms with E-state index < -0.39 is 15.9 Å². The molecule has 4 rings (SSSR count). The number of hydrogen-bond acceptors (Lipinski definition) is 3. The highest BCUT2D eigenvalue weighted by Crippen LogP contribution is 2.45. The molecule has 0 amide bonds. The van der Waals surface area contributed by atoms with Gasteiger partial charge in [0.25, 0.3) is 0 Å². The van der Waals surface area contributed by atoms with Gasteiger partial charge in [-0.2, -0.15) is 0 Å². The van der Waals surface area contributed by atoms with Crippen LogP contribution in [0.1, 0.15) is 29.2 Å². The number of halogens is 1. The third-order valence-corrected chi connectivity index (χ3v) is 7.97. The fourth-order valence-electron chi connectivity index (χ4n) is 3.78.